The number of carbonyl (C=O) groups is 1. The summed E-state index contributed by atoms with van der Waals surface area (Å²) in [6.45, 7) is 1.94. The minimum Gasteiger partial charge on any atom is -0.326 e. The van der Waals surface area contributed by atoms with Crippen LogP contribution in [0.5, 0.6) is 0 Å². The Hall–Kier alpha value is -1.36. The number of nitrogens with one attached hydrogen (secondary N) is 1. The van der Waals surface area contributed by atoms with E-state index in [4.69, 9.17) is 0 Å². The standard InChI is InChI=1S/C12H15NO3S/c1-9-3-2-4-11(7-9)13-12(14)10-5-6-17(15,16)8-10/h2-4,7,10H,5-6,8H2,1H3,(H,13,14)/t10-/m0/s1. The molecule has 1 saturated heterocycles. The van der Waals surface area contributed by atoms with Gasteiger partial charge in [-0.05, 0) is 31.0 Å². The predicted octanol–water partition coefficient (Wildman–Crippen LogP) is 1.37. The van der Waals surface area contributed by atoms with Crippen molar-refractivity contribution in [3.8, 4) is 0 Å². The van der Waals surface area contributed by atoms with Crippen molar-refractivity contribution in [1.82, 2.24) is 0 Å². The van der Waals surface area contributed by atoms with Gasteiger partial charge in [-0.2, -0.15) is 0 Å². The Morgan fingerprint density at radius 1 is 1.41 bits per heavy atom. The SMILES string of the molecule is Cc1cccc(NC(=O)[C@H]2CCS(=O)(=O)C2)c1. The van der Waals surface area contributed by atoms with Crippen LogP contribution in [-0.4, -0.2) is 25.8 Å². The van der Waals surface area contributed by atoms with E-state index in [1.807, 2.05) is 25.1 Å². The van der Waals surface area contributed by atoms with Gasteiger partial charge in [0.1, 0.15) is 0 Å². The van der Waals surface area contributed by atoms with Crippen molar-refractivity contribution in [3.63, 3.8) is 0 Å². The van der Waals surface area contributed by atoms with Crippen molar-refractivity contribution in [2.24, 2.45) is 5.92 Å². The first kappa shape index (κ1) is 12.1. The Balaban J connectivity index is 2.03. The van der Waals surface area contributed by atoms with Gasteiger partial charge in [-0.3, -0.25) is 4.79 Å². The molecule has 1 N–H and O–H groups in total. The van der Waals surface area contributed by atoms with Gasteiger partial charge in [-0.25, -0.2) is 8.42 Å². The van der Waals surface area contributed by atoms with Crippen molar-refractivity contribution < 1.29 is 13.2 Å². The summed E-state index contributed by atoms with van der Waals surface area (Å²) in [4.78, 5) is 11.8. The summed E-state index contributed by atoms with van der Waals surface area (Å²) in [6, 6.07) is 7.46. The van der Waals surface area contributed by atoms with Crippen molar-refractivity contribution >= 4 is 21.4 Å². The molecule has 1 aliphatic heterocycles. The Kier molecular flexibility index (Phi) is 3.19. The van der Waals surface area contributed by atoms with Gasteiger partial charge < -0.3 is 5.32 Å². The predicted molar refractivity (Wildman–Crippen MR) is 66.6 cm³/mol. The maximum atomic E-state index is 11.8. The summed E-state index contributed by atoms with van der Waals surface area (Å²) < 4.78 is 22.5. The molecule has 0 radical (unpaired) electrons. The molecule has 1 aromatic carbocycles. The Morgan fingerprint density at radius 3 is 2.76 bits per heavy atom. The van der Waals surface area contributed by atoms with E-state index in [0.29, 0.717) is 6.42 Å². The fraction of sp³-hybridized carbons (Fsp3) is 0.417. The third-order valence-electron chi connectivity index (χ3n) is 2.89. The second kappa shape index (κ2) is 4.49. The molecule has 0 bridgehead atoms. The molecular formula is C12H15NO3S. The zero-order valence-corrected chi connectivity index (χ0v) is 10.5. The zero-order valence-electron chi connectivity index (χ0n) is 9.64. The van der Waals surface area contributed by atoms with E-state index in [2.05, 4.69) is 5.32 Å². The van der Waals surface area contributed by atoms with Gasteiger partial charge in [0.15, 0.2) is 9.84 Å². The fourth-order valence-electron chi connectivity index (χ4n) is 1.97. The highest BCUT2D eigenvalue weighted by molar-refractivity contribution is 7.91. The minimum atomic E-state index is -3.00. The molecular weight excluding hydrogens is 238 g/mol. The van der Waals surface area contributed by atoms with Crippen LogP contribution in [0.2, 0.25) is 0 Å². The number of amides is 1. The third kappa shape index (κ3) is 3.06. The monoisotopic (exact) mass is 253 g/mol. The van der Waals surface area contributed by atoms with Crippen LogP contribution >= 0.6 is 0 Å². The fourth-order valence-corrected chi connectivity index (χ4v) is 3.71. The Morgan fingerprint density at radius 2 is 2.18 bits per heavy atom. The molecule has 1 heterocycles. The second-order valence-corrected chi connectivity index (χ2v) is 6.69. The molecule has 1 aliphatic rings. The number of hydrogen-bond donors (Lipinski definition) is 1. The number of aryl methyl sites for hydroxylation is 1. The molecule has 1 atom stereocenters. The summed E-state index contributed by atoms with van der Waals surface area (Å²) in [5.74, 6) is -0.499. The van der Waals surface area contributed by atoms with Crippen LogP contribution < -0.4 is 5.32 Å². The molecule has 0 aliphatic carbocycles. The molecule has 0 aromatic heterocycles. The van der Waals surface area contributed by atoms with Crippen LogP contribution in [-0.2, 0) is 14.6 Å². The summed E-state index contributed by atoms with van der Waals surface area (Å²) in [5.41, 5.74) is 1.78. The average molecular weight is 253 g/mol. The highest BCUT2D eigenvalue weighted by atomic mass is 32.2. The Bertz CT molecular complexity index is 536. The number of carbonyl (C=O) groups excluding carboxylic acids is 1. The number of rotatable bonds is 2. The first-order valence-electron chi connectivity index (χ1n) is 5.54. The van der Waals surface area contributed by atoms with E-state index in [0.717, 1.165) is 11.3 Å². The normalized spacial score (nSPS) is 22.3. The lowest BCUT2D eigenvalue weighted by atomic mass is 10.1. The molecule has 4 nitrogen and oxygen atoms in total. The summed E-state index contributed by atoms with van der Waals surface area (Å²) in [7, 11) is -3.00. The van der Waals surface area contributed by atoms with Gasteiger partial charge in [-0.15, -0.1) is 0 Å². The molecule has 1 amide bonds. The van der Waals surface area contributed by atoms with Crippen LogP contribution in [0.1, 0.15) is 12.0 Å². The first-order valence-corrected chi connectivity index (χ1v) is 7.36. The van der Waals surface area contributed by atoms with Crippen LogP contribution in [0.25, 0.3) is 0 Å². The van der Waals surface area contributed by atoms with Gasteiger partial charge in [0.25, 0.3) is 0 Å². The molecule has 1 fully saturated rings. The van der Waals surface area contributed by atoms with Gasteiger partial charge in [-0.1, -0.05) is 12.1 Å². The van der Waals surface area contributed by atoms with Crippen LogP contribution in [0, 0.1) is 12.8 Å². The van der Waals surface area contributed by atoms with Crippen molar-refractivity contribution in [3.05, 3.63) is 29.8 Å². The summed E-state index contributed by atoms with van der Waals surface area (Å²) >= 11 is 0. The van der Waals surface area contributed by atoms with Crippen molar-refractivity contribution in [2.45, 2.75) is 13.3 Å². The number of anilines is 1. The topological polar surface area (TPSA) is 63.2 Å². The van der Waals surface area contributed by atoms with Crippen LogP contribution in [0.3, 0.4) is 0 Å². The molecule has 0 spiro atoms. The molecule has 2 rings (SSSR count). The lowest BCUT2D eigenvalue weighted by Crippen LogP contribution is -2.23. The molecule has 92 valence electrons. The molecule has 0 saturated carbocycles. The van der Waals surface area contributed by atoms with Gasteiger partial charge >= 0.3 is 0 Å². The highest BCUT2D eigenvalue weighted by Gasteiger charge is 2.32. The maximum Gasteiger partial charge on any atom is 0.228 e. The first-order chi connectivity index (χ1) is 7.96. The van der Waals surface area contributed by atoms with E-state index >= 15 is 0 Å². The highest BCUT2D eigenvalue weighted by Crippen LogP contribution is 2.20. The van der Waals surface area contributed by atoms with E-state index < -0.39 is 15.8 Å². The van der Waals surface area contributed by atoms with Crippen molar-refractivity contribution in [2.75, 3.05) is 16.8 Å². The minimum absolute atomic E-state index is 0.0232. The number of sulfone groups is 1. The van der Waals surface area contributed by atoms with E-state index in [1.54, 1.807) is 6.07 Å². The second-order valence-electron chi connectivity index (χ2n) is 4.46. The molecule has 17 heavy (non-hydrogen) atoms. The van der Waals surface area contributed by atoms with Crippen LogP contribution in [0.4, 0.5) is 5.69 Å². The molecule has 0 unspecified atom stereocenters. The Labute approximate surface area is 101 Å². The van der Waals surface area contributed by atoms with E-state index in [9.17, 15) is 13.2 Å². The quantitative estimate of drug-likeness (QED) is 0.865. The van der Waals surface area contributed by atoms with Gasteiger partial charge in [0.2, 0.25) is 5.91 Å². The molecule has 5 heteroatoms. The van der Waals surface area contributed by atoms with Gasteiger partial charge in [0.05, 0.1) is 17.4 Å². The number of benzene rings is 1. The zero-order chi connectivity index (χ0) is 12.5. The molecule has 1 aromatic rings. The van der Waals surface area contributed by atoms with Gasteiger partial charge in [0, 0.05) is 5.69 Å². The largest absolute Gasteiger partial charge is 0.326 e. The lowest BCUT2D eigenvalue weighted by molar-refractivity contribution is -0.119. The third-order valence-corrected chi connectivity index (χ3v) is 4.66. The average Bonchev–Trinajstić information content (AvgIpc) is 2.59. The summed E-state index contributed by atoms with van der Waals surface area (Å²) in [5, 5.41) is 2.76. The smallest absolute Gasteiger partial charge is 0.228 e. The van der Waals surface area contributed by atoms with Crippen molar-refractivity contribution in [1.29, 1.82) is 0 Å². The van der Waals surface area contributed by atoms with E-state index in [-0.39, 0.29) is 17.4 Å². The van der Waals surface area contributed by atoms with Crippen LogP contribution in [0.15, 0.2) is 24.3 Å². The number of hydrogen-bond acceptors (Lipinski definition) is 3. The maximum absolute atomic E-state index is 11.8. The van der Waals surface area contributed by atoms with E-state index in [1.165, 1.54) is 0 Å². The lowest BCUT2D eigenvalue weighted by Gasteiger charge is -2.09. The summed E-state index contributed by atoms with van der Waals surface area (Å²) in [6.07, 6.45) is 0.431.